The highest BCUT2D eigenvalue weighted by Gasteiger charge is 2.28. The van der Waals surface area contributed by atoms with Gasteiger partial charge in [0, 0.05) is 33.1 Å². The number of hydrogen-bond donors (Lipinski definition) is 2. The van der Waals surface area contributed by atoms with E-state index in [0.717, 1.165) is 55.3 Å². The predicted octanol–water partition coefficient (Wildman–Crippen LogP) is 4.42. The number of benzene rings is 2. The van der Waals surface area contributed by atoms with Crippen LogP contribution in [-0.2, 0) is 6.42 Å². The Kier molecular flexibility index (Phi) is 7.52. The number of nitrogens with zero attached hydrogens (tertiary/aromatic N) is 3. The molecule has 1 aliphatic heterocycles. The van der Waals surface area contributed by atoms with E-state index in [1.165, 1.54) is 5.56 Å². The van der Waals surface area contributed by atoms with Gasteiger partial charge in [-0.3, -0.25) is 4.99 Å². The van der Waals surface area contributed by atoms with Crippen LogP contribution >= 0.6 is 24.0 Å². The lowest BCUT2D eigenvalue weighted by Crippen LogP contribution is -2.48. The average Bonchev–Trinajstić information content (AvgIpc) is 3.14. The molecule has 1 fully saturated rings. The normalized spacial score (nSPS) is 19.8. The Morgan fingerprint density at radius 3 is 2.66 bits per heavy atom. The van der Waals surface area contributed by atoms with Crippen LogP contribution in [-0.4, -0.2) is 47.5 Å². The van der Waals surface area contributed by atoms with Crippen molar-refractivity contribution in [1.82, 2.24) is 20.2 Å². The van der Waals surface area contributed by atoms with Crippen molar-refractivity contribution in [2.45, 2.75) is 25.7 Å². The van der Waals surface area contributed by atoms with Gasteiger partial charge in [0.2, 0.25) is 0 Å². The maximum atomic E-state index is 4.65. The molecule has 2 N–H and O–H groups in total. The number of imidazole rings is 1. The number of aromatic nitrogens is 2. The van der Waals surface area contributed by atoms with Gasteiger partial charge in [-0.2, -0.15) is 0 Å². The molecule has 5 nitrogen and oxygen atoms in total. The van der Waals surface area contributed by atoms with Crippen LogP contribution in [0.1, 0.15) is 30.7 Å². The second-order valence-electron chi connectivity index (χ2n) is 7.65. The summed E-state index contributed by atoms with van der Waals surface area (Å²) in [4.78, 5) is 15.0. The molecule has 2 atom stereocenters. The second-order valence-corrected chi connectivity index (χ2v) is 7.65. The van der Waals surface area contributed by atoms with Crippen molar-refractivity contribution in [3.63, 3.8) is 0 Å². The van der Waals surface area contributed by atoms with Crippen molar-refractivity contribution in [2.24, 2.45) is 10.9 Å². The molecule has 2 aromatic carbocycles. The highest BCUT2D eigenvalue weighted by molar-refractivity contribution is 14.0. The van der Waals surface area contributed by atoms with Crippen molar-refractivity contribution in [3.8, 4) is 0 Å². The van der Waals surface area contributed by atoms with Gasteiger partial charge in [-0.1, -0.05) is 49.4 Å². The molecule has 0 amide bonds. The summed E-state index contributed by atoms with van der Waals surface area (Å²) in [5, 5.41) is 3.52. The fourth-order valence-corrected chi connectivity index (χ4v) is 4.28. The molecule has 2 heterocycles. The Morgan fingerprint density at radius 2 is 1.93 bits per heavy atom. The molecule has 1 aliphatic rings. The van der Waals surface area contributed by atoms with E-state index in [1.54, 1.807) is 0 Å². The zero-order chi connectivity index (χ0) is 19.3. The number of piperidine rings is 1. The van der Waals surface area contributed by atoms with E-state index in [4.69, 9.17) is 0 Å². The summed E-state index contributed by atoms with van der Waals surface area (Å²) in [6.07, 6.45) is 2.01. The molecule has 154 valence electrons. The summed E-state index contributed by atoms with van der Waals surface area (Å²) < 4.78 is 0. The second kappa shape index (κ2) is 10.1. The van der Waals surface area contributed by atoms with E-state index in [9.17, 15) is 0 Å². The quantitative estimate of drug-likeness (QED) is 0.315. The minimum Gasteiger partial charge on any atom is -0.356 e. The Balaban J connectivity index is 0.00000240. The summed E-state index contributed by atoms with van der Waals surface area (Å²) in [6.45, 7) is 5.24. The van der Waals surface area contributed by atoms with Gasteiger partial charge in [-0.25, -0.2) is 4.98 Å². The molecule has 3 aromatic rings. The molecule has 1 aromatic heterocycles. The van der Waals surface area contributed by atoms with Crippen molar-refractivity contribution in [3.05, 3.63) is 66.0 Å². The number of para-hydroxylation sites is 2. The van der Waals surface area contributed by atoms with Crippen molar-refractivity contribution < 1.29 is 0 Å². The van der Waals surface area contributed by atoms with Gasteiger partial charge in [0.25, 0.3) is 0 Å². The van der Waals surface area contributed by atoms with E-state index < -0.39 is 0 Å². The number of guanidine groups is 1. The predicted molar refractivity (Wildman–Crippen MR) is 131 cm³/mol. The molecule has 1 saturated heterocycles. The topological polar surface area (TPSA) is 56.3 Å². The van der Waals surface area contributed by atoms with Gasteiger partial charge in [0.05, 0.1) is 11.0 Å². The molecule has 0 bridgehead atoms. The lowest BCUT2D eigenvalue weighted by molar-refractivity contribution is 0.234. The highest BCUT2D eigenvalue weighted by Crippen LogP contribution is 2.32. The first-order valence-corrected chi connectivity index (χ1v) is 10.2. The third-order valence-electron chi connectivity index (χ3n) is 5.73. The van der Waals surface area contributed by atoms with Crippen LogP contribution < -0.4 is 5.32 Å². The molecular weight excluding hydrogens is 473 g/mol. The van der Waals surface area contributed by atoms with Crippen LogP contribution in [0.25, 0.3) is 11.0 Å². The first-order chi connectivity index (χ1) is 13.7. The van der Waals surface area contributed by atoms with Gasteiger partial charge < -0.3 is 15.2 Å². The van der Waals surface area contributed by atoms with E-state index in [2.05, 4.69) is 68.5 Å². The number of likely N-dealkylation sites (tertiary alicyclic amines) is 1. The van der Waals surface area contributed by atoms with E-state index in [-0.39, 0.29) is 24.0 Å². The van der Waals surface area contributed by atoms with Crippen molar-refractivity contribution in [2.75, 3.05) is 26.7 Å². The molecule has 0 saturated carbocycles. The summed E-state index contributed by atoms with van der Waals surface area (Å²) in [7, 11) is 1.87. The maximum Gasteiger partial charge on any atom is 0.193 e. The standard InChI is InChI=1S/C23H29N5.HI/c1-17-16-28(15-13-19(17)18-8-4-3-5-9-18)23(24-2)25-14-12-22-26-20-10-6-7-11-21(20)27-22;/h3-11,17,19H,12-16H2,1-2H3,(H,24,25)(H,26,27);1H. The molecule has 0 radical (unpaired) electrons. The summed E-state index contributed by atoms with van der Waals surface area (Å²) in [5.41, 5.74) is 3.58. The van der Waals surface area contributed by atoms with Crippen molar-refractivity contribution >= 4 is 41.0 Å². The van der Waals surface area contributed by atoms with Gasteiger partial charge in [0.1, 0.15) is 5.82 Å². The molecule has 2 unspecified atom stereocenters. The van der Waals surface area contributed by atoms with Crippen LogP contribution in [0.3, 0.4) is 0 Å². The SMILES string of the molecule is CN=C(NCCc1nc2ccccc2[nH]1)N1CCC(c2ccccc2)C(C)C1.I. The highest BCUT2D eigenvalue weighted by atomic mass is 127. The summed E-state index contributed by atoms with van der Waals surface area (Å²) in [5.74, 6) is 3.24. The van der Waals surface area contributed by atoms with Crippen LogP contribution in [0.5, 0.6) is 0 Å². The van der Waals surface area contributed by atoms with Gasteiger partial charge in [-0.05, 0) is 36.0 Å². The number of H-pyrrole nitrogens is 1. The number of fused-ring (bicyclic) bond motifs is 1. The minimum absolute atomic E-state index is 0. The first kappa shape index (κ1) is 21.6. The minimum atomic E-state index is 0. The van der Waals surface area contributed by atoms with Crippen LogP contribution in [0.2, 0.25) is 0 Å². The number of rotatable bonds is 4. The third kappa shape index (κ3) is 5.10. The lowest BCUT2D eigenvalue weighted by atomic mass is 9.82. The Bertz CT molecular complexity index is 904. The lowest BCUT2D eigenvalue weighted by Gasteiger charge is -2.38. The maximum absolute atomic E-state index is 4.65. The van der Waals surface area contributed by atoms with Gasteiger partial charge >= 0.3 is 0 Å². The summed E-state index contributed by atoms with van der Waals surface area (Å²) in [6, 6.07) is 19.1. The molecular formula is C23H30IN5. The molecule has 29 heavy (non-hydrogen) atoms. The summed E-state index contributed by atoms with van der Waals surface area (Å²) >= 11 is 0. The molecule has 0 aliphatic carbocycles. The number of aromatic amines is 1. The van der Waals surface area contributed by atoms with Crippen molar-refractivity contribution in [1.29, 1.82) is 0 Å². The number of hydrogen-bond acceptors (Lipinski definition) is 2. The number of aliphatic imine (C=N–C) groups is 1. The first-order valence-electron chi connectivity index (χ1n) is 10.2. The zero-order valence-electron chi connectivity index (χ0n) is 17.1. The van der Waals surface area contributed by atoms with E-state index in [0.29, 0.717) is 11.8 Å². The monoisotopic (exact) mass is 503 g/mol. The molecule has 4 rings (SSSR count). The largest absolute Gasteiger partial charge is 0.356 e. The Morgan fingerprint density at radius 1 is 1.17 bits per heavy atom. The number of halogens is 1. The van der Waals surface area contributed by atoms with Crippen LogP contribution in [0.15, 0.2) is 59.6 Å². The van der Waals surface area contributed by atoms with Crippen LogP contribution in [0.4, 0.5) is 0 Å². The zero-order valence-corrected chi connectivity index (χ0v) is 19.5. The van der Waals surface area contributed by atoms with Gasteiger partial charge in [0.15, 0.2) is 5.96 Å². The third-order valence-corrected chi connectivity index (χ3v) is 5.73. The fourth-order valence-electron chi connectivity index (χ4n) is 4.28. The Hall–Kier alpha value is -2.09. The van der Waals surface area contributed by atoms with E-state index in [1.807, 2.05) is 25.2 Å². The fraction of sp³-hybridized carbons (Fsp3) is 0.391. The van der Waals surface area contributed by atoms with Crippen LogP contribution in [0, 0.1) is 5.92 Å². The Labute approximate surface area is 190 Å². The van der Waals surface area contributed by atoms with Gasteiger partial charge in [-0.15, -0.1) is 24.0 Å². The molecule has 6 heteroatoms. The average molecular weight is 503 g/mol. The number of nitrogens with one attached hydrogen (secondary N) is 2. The van der Waals surface area contributed by atoms with E-state index >= 15 is 0 Å². The smallest absolute Gasteiger partial charge is 0.193 e. The molecule has 0 spiro atoms.